The number of nitrogens with zero attached hydrogens (tertiary/aromatic N) is 1. The van der Waals surface area contributed by atoms with Crippen LogP contribution in [0.25, 0.3) is 0 Å². The average Bonchev–Trinajstić information content (AvgIpc) is 2.70. The van der Waals surface area contributed by atoms with E-state index in [9.17, 15) is 4.79 Å². The number of hydrogen-bond acceptors (Lipinski definition) is 3. The van der Waals surface area contributed by atoms with Gasteiger partial charge in [-0.3, -0.25) is 9.79 Å². The number of amidine groups is 1. The molecule has 0 saturated heterocycles. The van der Waals surface area contributed by atoms with Crippen molar-refractivity contribution in [3.8, 4) is 0 Å². The number of ketones is 1. The van der Waals surface area contributed by atoms with E-state index >= 15 is 0 Å². The molecule has 3 heteroatoms. The van der Waals surface area contributed by atoms with Crippen LogP contribution in [0.15, 0.2) is 29.3 Å². The summed E-state index contributed by atoms with van der Waals surface area (Å²) in [4.78, 5) is 16.0. The van der Waals surface area contributed by atoms with Crippen molar-refractivity contribution in [1.29, 1.82) is 0 Å². The summed E-state index contributed by atoms with van der Waals surface area (Å²) in [5, 5.41) is 3.10. The lowest BCUT2D eigenvalue weighted by atomic mass is 10.1. The second kappa shape index (κ2) is 4.26. The van der Waals surface area contributed by atoms with Crippen molar-refractivity contribution in [2.75, 3.05) is 13.1 Å². The summed E-state index contributed by atoms with van der Waals surface area (Å²) in [6, 6.07) is 7.66. The second-order valence-corrected chi connectivity index (χ2v) is 3.72. The van der Waals surface area contributed by atoms with E-state index in [1.165, 1.54) is 0 Å². The first-order chi connectivity index (χ1) is 7.25. The number of Topliss-reactive ketones (excluding diaryl/α,β-unsaturated/α-hetero) is 1. The number of hydrogen-bond donors (Lipinski definition) is 1. The van der Waals surface area contributed by atoms with Gasteiger partial charge in [0.05, 0.1) is 13.0 Å². The maximum absolute atomic E-state index is 11.8. The molecule has 0 bridgehead atoms. The van der Waals surface area contributed by atoms with Crippen LogP contribution in [0.4, 0.5) is 0 Å². The fourth-order valence-electron chi connectivity index (χ4n) is 1.64. The highest BCUT2D eigenvalue weighted by Crippen LogP contribution is 2.07. The van der Waals surface area contributed by atoms with Crippen LogP contribution in [-0.2, 0) is 0 Å². The molecule has 2 rings (SSSR count). The monoisotopic (exact) mass is 202 g/mol. The lowest BCUT2D eigenvalue weighted by Crippen LogP contribution is -2.21. The first-order valence-electron chi connectivity index (χ1n) is 5.13. The normalized spacial score (nSPS) is 14.6. The van der Waals surface area contributed by atoms with Gasteiger partial charge in [0, 0.05) is 12.1 Å². The maximum atomic E-state index is 11.8. The van der Waals surface area contributed by atoms with Gasteiger partial charge < -0.3 is 5.32 Å². The van der Waals surface area contributed by atoms with Crippen molar-refractivity contribution in [2.45, 2.75) is 13.3 Å². The largest absolute Gasteiger partial charge is 0.372 e. The van der Waals surface area contributed by atoms with Crippen LogP contribution >= 0.6 is 0 Å². The first-order valence-corrected chi connectivity index (χ1v) is 5.13. The molecule has 3 nitrogen and oxygen atoms in total. The molecule has 0 aromatic heterocycles. The third-order valence-electron chi connectivity index (χ3n) is 2.41. The van der Waals surface area contributed by atoms with Crippen LogP contribution in [-0.4, -0.2) is 24.7 Å². The number of aliphatic imine (C=N–C) groups is 1. The molecule has 0 amide bonds. The molecule has 0 aliphatic carbocycles. The minimum Gasteiger partial charge on any atom is -0.372 e. The van der Waals surface area contributed by atoms with E-state index in [2.05, 4.69) is 10.3 Å². The Morgan fingerprint density at radius 2 is 2.40 bits per heavy atom. The Hall–Kier alpha value is -1.64. The van der Waals surface area contributed by atoms with Crippen LogP contribution in [0.1, 0.15) is 22.3 Å². The Labute approximate surface area is 89.2 Å². The SMILES string of the molecule is Cc1cccc(C(=O)CC2=NCCN2)c1. The van der Waals surface area contributed by atoms with Crippen LogP contribution in [0.5, 0.6) is 0 Å². The van der Waals surface area contributed by atoms with Gasteiger partial charge in [-0.2, -0.15) is 0 Å². The predicted molar refractivity (Wildman–Crippen MR) is 60.4 cm³/mol. The van der Waals surface area contributed by atoms with Crippen molar-refractivity contribution in [3.05, 3.63) is 35.4 Å². The fraction of sp³-hybridized carbons (Fsp3) is 0.333. The molecular weight excluding hydrogens is 188 g/mol. The summed E-state index contributed by atoms with van der Waals surface area (Å²) in [5.41, 5.74) is 1.88. The van der Waals surface area contributed by atoms with E-state index in [-0.39, 0.29) is 5.78 Å². The van der Waals surface area contributed by atoms with Crippen LogP contribution < -0.4 is 5.32 Å². The Balaban J connectivity index is 2.07. The third kappa shape index (κ3) is 2.43. The zero-order valence-corrected chi connectivity index (χ0v) is 8.79. The summed E-state index contributed by atoms with van der Waals surface area (Å²) in [5.74, 6) is 0.952. The Morgan fingerprint density at radius 1 is 1.53 bits per heavy atom. The number of rotatable bonds is 3. The van der Waals surface area contributed by atoms with Gasteiger partial charge in [-0.25, -0.2) is 0 Å². The summed E-state index contributed by atoms with van der Waals surface area (Å²) >= 11 is 0. The Bertz CT molecular complexity index is 410. The minimum absolute atomic E-state index is 0.131. The van der Waals surface area contributed by atoms with Crippen LogP contribution in [0, 0.1) is 6.92 Å². The minimum atomic E-state index is 0.131. The smallest absolute Gasteiger partial charge is 0.170 e. The van der Waals surface area contributed by atoms with E-state index in [4.69, 9.17) is 0 Å². The molecule has 15 heavy (non-hydrogen) atoms. The molecule has 0 fully saturated rings. The van der Waals surface area contributed by atoms with Gasteiger partial charge in [-0.1, -0.05) is 23.8 Å². The van der Waals surface area contributed by atoms with Crippen molar-refractivity contribution >= 4 is 11.6 Å². The summed E-state index contributed by atoms with van der Waals surface area (Å²) in [6.07, 6.45) is 0.392. The summed E-state index contributed by atoms with van der Waals surface area (Å²) in [7, 11) is 0. The molecule has 0 spiro atoms. The molecule has 0 radical (unpaired) electrons. The molecule has 78 valence electrons. The van der Waals surface area contributed by atoms with Gasteiger partial charge in [0.15, 0.2) is 5.78 Å². The molecule has 1 aliphatic heterocycles. The van der Waals surface area contributed by atoms with E-state index in [0.29, 0.717) is 6.42 Å². The topological polar surface area (TPSA) is 41.5 Å². The molecule has 1 aromatic rings. The number of carbonyl (C=O) groups excluding carboxylic acids is 1. The quantitative estimate of drug-likeness (QED) is 0.756. The highest BCUT2D eigenvalue weighted by atomic mass is 16.1. The van der Waals surface area contributed by atoms with E-state index in [1.54, 1.807) is 0 Å². The third-order valence-corrected chi connectivity index (χ3v) is 2.41. The lowest BCUT2D eigenvalue weighted by molar-refractivity contribution is 0.1000. The molecule has 1 N–H and O–H groups in total. The van der Waals surface area contributed by atoms with Crippen molar-refractivity contribution in [3.63, 3.8) is 0 Å². The molecule has 0 atom stereocenters. The van der Waals surface area contributed by atoms with Gasteiger partial charge in [-0.15, -0.1) is 0 Å². The highest BCUT2D eigenvalue weighted by molar-refractivity contribution is 6.09. The van der Waals surface area contributed by atoms with Crippen molar-refractivity contribution < 1.29 is 4.79 Å². The molecule has 1 aliphatic rings. The summed E-state index contributed by atoms with van der Waals surface area (Å²) in [6.45, 7) is 3.63. The van der Waals surface area contributed by atoms with Crippen LogP contribution in [0.2, 0.25) is 0 Å². The number of benzene rings is 1. The van der Waals surface area contributed by atoms with E-state index < -0.39 is 0 Å². The number of carbonyl (C=O) groups is 1. The van der Waals surface area contributed by atoms with Crippen molar-refractivity contribution in [1.82, 2.24) is 5.32 Å². The van der Waals surface area contributed by atoms with Gasteiger partial charge in [0.1, 0.15) is 5.84 Å². The maximum Gasteiger partial charge on any atom is 0.170 e. The zero-order chi connectivity index (χ0) is 10.7. The summed E-state index contributed by atoms with van der Waals surface area (Å²) < 4.78 is 0. The number of aryl methyl sites for hydroxylation is 1. The average molecular weight is 202 g/mol. The van der Waals surface area contributed by atoms with Gasteiger partial charge >= 0.3 is 0 Å². The molecule has 1 aromatic carbocycles. The second-order valence-electron chi connectivity index (χ2n) is 3.72. The standard InChI is InChI=1S/C12H14N2O/c1-9-3-2-4-10(7-9)11(15)8-12-13-5-6-14-12/h2-4,7H,5-6,8H2,1H3,(H,13,14). The highest BCUT2D eigenvalue weighted by Gasteiger charge is 2.12. The zero-order valence-electron chi connectivity index (χ0n) is 8.79. The molecule has 1 heterocycles. The van der Waals surface area contributed by atoms with Crippen molar-refractivity contribution in [2.24, 2.45) is 4.99 Å². The number of nitrogens with one attached hydrogen (secondary N) is 1. The van der Waals surface area contributed by atoms with Gasteiger partial charge in [0.25, 0.3) is 0 Å². The van der Waals surface area contributed by atoms with Crippen LogP contribution in [0.3, 0.4) is 0 Å². The van der Waals surface area contributed by atoms with E-state index in [0.717, 1.165) is 30.1 Å². The van der Waals surface area contributed by atoms with E-state index in [1.807, 2.05) is 31.2 Å². The molecular formula is C12H14N2O. The van der Waals surface area contributed by atoms with Gasteiger partial charge in [-0.05, 0) is 13.0 Å². The predicted octanol–water partition coefficient (Wildman–Crippen LogP) is 1.57. The Morgan fingerprint density at radius 3 is 3.07 bits per heavy atom. The lowest BCUT2D eigenvalue weighted by Gasteiger charge is -2.02. The fourth-order valence-corrected chi connectivity index (χ4v) is 1.64. The first kappa shape index (κ1) is 9.90. The Kier molecular flexibility index (Phi) is 2.81. The molecule has 0 unspecified atom stereocenters. The molecule has 0 saturated carbocycles. The van der Waals surface area contributed by atoms with Gasteiger partial charge in [0.2, 0.25) is 0 Å².